The molecule has 0 amide bonds. The monoisotopic (exact) mass is 437 g/mol. The van der Waals surface area contributed by atoms with Crippen LogP contribution < -0.4 is 4.90 Å². The molecule has 162 valence electrons. The molecular weight excluding hydrogens is 410 g/mol. The van der Waals surface area contributed by atoms with Gasteiger partial charge >= 0.3 is 0 Å². The lowest BCUT2D eigenvalue weighted by molar-refractivity contribution is 0.0751. The van der Waals surface area contributed by atoms with Crippen LogP contribution in [0.4, 0.5) is 5.82 Å². The predicted molar refractivity (Wildman–Crippen MR) is 123 cm³/mol. The molecule has 3 aromatic rings. The first-order chi connectivity index (χ1) is 15.0. The summed E-state index contributed by atoms with van der Waals surface area (Å²) in [6.45, 7) is 3.57. The van der Waals surface area contributed by atoms with Crippen LogP contribution >= 0.6 is 0 Å². The average molecular weight is 438 g/mol. The number of ketones is 1. The fourth-order valence-corrected chi connectivity index (χ4v) is 5.76. The van der Waals surface area contributed by atoms with Crippen molar-refractivity contribution in [2.45, 2.75) is 39.0 Å². The van der Waals surface area contributed by atoms with Gasteiger partial charge in [-0.3, -0.25) is 4.79 Å². The highest BCUT2D eigenvalue weighted by Gasteiger charge is 2.36. The average Bonchev–Trinajstić information content (AvgIpc) is 3.23. The van der Waals surface area contributed by atoms with Crippen molar-refractivity contribution < 1.29 is 9.35 Å². The van der Waals surface area contributed by atoms with Gasteiger partial charge in [0.2, 0.25) is 0 Å². The molecule has 2 fully saturated rings. The fraction of sp³-hybridized carbons (Fsp3) is 0.478. The van der Waals surface area contributed by atoms with Crippen molar-refractivity contribution >= 4 is 33.9 Å². The second-order valence-electron chi connectivity index (χ2n) is 8.84. The zero-order chi connectivity index (χ0) is 21.4. The van der Waals surface area contributed by atoms with Crippen molar-refractivity contribution in [1.82, 2.24) is 19.9 Å². The molecule has 7 nitrogen and oxygen atoms in total. The van der Waals surface area contributed by atoms with Crippen LogP contribution in [0.15, 0.2) is 30.7 Å². The Bertz CT molecular complexity index is 1100. The van der Waals surface area contributed by atoms with E-state index >= 15 is 0 Å². The number of aromatic amines is 1. The Kier molecular flexibility index (Phi) is 5.44. The van der Waals surface area contributed by atoms with Crippen LogP contribution in [0.1, 0.15) is 49.4 Å². The van der Waals surface area contributed by atoms with Gasteiger partial charge in [-0.25, -0.2) is 15.0 Å². The summed E-state index contributed by atoms with van der Waals surface area (Å²) in [6, 6.07) is 3.92. The fourth-order valence-electron chi connectivity index (χ4n) is 4.71. The van der Waals surface area contributed by atoms with Crippen LogP contribution in [0.5, 0.6) is 0 Å². The zero-order valence-electron chi connectivity index (χ0n) is 17.8. The minimum atomic E-state index is -0.727. The summed E-state index contributed by atoms with van der Waals surface area (Å²) < 4.78 is 11.7. The third kappa shape index (κ3) is 3.94. The van der Waals surface area contributed by atoms with Crippen LogP contribution in [0.2, 0.25) is 0 Å². The van der Waals surface area contributed by atoms with Crippen LogP contribution in [0, 0.1) is 5.41 Å². The number of rotatable bonds is 4. The summed E-state index contributed by atoms with van der Waals surface area (Å²) in [5.74, 6) is 2.37. The minimum absolute atomic E-state index is 0.168. The number of aromatic nitrogens is 4. The number of fused-ring (bicyclic) bond motifs is 1. The molecule has 0 radical (unpaired) electrons. The topological polar surface area (TPSA) is 97.8 Å². The largest absolute Gasteiger partial charge is 0.616 e. The van der Waals surface area contributed by atoms with Crippen molar-refractivity contribution in [1.29, 1.82) is 0 Å². The van der Waals surface area contributed by atoms with E-state index in [1.807, 2.05) is 12.1 Å². The third-order valence-electron chi connectivity index (χ3n) is 6.67. The Morgan fingerprint density at radius 2 is 1.97 bits per heavy atom. The molecule has 1 saturated carbocycles. The molecule has 4 heterocycles. The van der Waals surface area contributed by atoms with E-state index in [4.69, 9.17) is 4.98 Å². The number of carbonyl (C=O) groups excluding carboxylic acids is 1. The molecule has 1 aliphatic heterocycles. The molecule has 1 N–H and O–H groups in total. The highest BCUT2D eigenvalue weighted by molar-refractivity contribution is 7.91. The van der Waals surface area contributed by atoms with Gasteiger partial charge in [-0.05, 0) is 25.0 Å². The van der Waals surface area contributed by atoms with E-state index < -0.39 is 11.2 Å². The van der Waals surface area contributed by atoms with Crippen LogP contribution in [0.3, 0.4) is 0 Å². The van der Waals surface area contributed by atoms with Gasteiger partial charge in [0, 0.05) is 23.4 Å². The number of hydrogen-bond acceptors (Lipinski definition) is 6. The first-order valence-electron chi connectivity index (χ1n) is 11.0. The van der Waals surface area contributed by atoms with E-state index in [1.165, 1.54) is 6.42 Å². The number of hydrogen-bond donors (Lipinski definition) is 1. The molecule has 1 aliphatic carbocycles. The van der Waals surface area contributed by atoms with Gasteiger partial charge in [0.15, 0.2) is 11.4 Å². The normalized spacial score (nSPS) is 19.6. The van der Waals surface area contributed by atoms with Gasteiger partial charge in [0.1, 0.15) is 22.8 Å². The second-order valence-corrected chi connectivity index (χ2v) is 10.5. The number of nitrogens with zero attached hydrogens (tertiary/aromatic N) is 4. The molecule has 0 spiro atoms. The Morgan fingerprint density at radius 1 is 1.19 bits per heavy atom. The molecule has 0 unspecified atom stereocenters. The predicted octanol–water partition coefficient (Wildman–Crippen LogP) is 3.74. The van der Waals surface area contributed by atoms with Crippen LogP contribution in [-0.4, -0.2) is 54.9 Å². The van der Waals surface area contributed by atoms with Gasteiger partial charge in [-0.1, -0.05) is 37.4 Å². The SMILES string of the molecule is CC1(C(=O)c2c[nH]c3ncc(-c4ccnc(N5CC[S+]([O-])CC5)c4)nc23)CCCCC1. The number of Topliss-reactive ketones (excluding diaryl/α,β-unsaturated/α-hetero) is 1. The number of nitrogens with one attached hydrogen (secondary N) is 1. The van der Waals surface area contributed by atoms with Crippen molar-refractivity contribution in [2.75, 3.05) is 29.5 Å². The minimum Gasteiger partial charge on any atom is -0.616 e. The van der Waals surface area contributed by atoms with Gasteiger partial charge in [0.05, 0.1) is 30.5 Å². The molecule has 0 aromatic carbocycles. The molecule has 0 bridgehead atoms. The smallest absolute Gasteiger partial charge is 0.172 e. The molecule has 1 saturated heterocycles. The maximum atomic E-state index is 13.4. The highest BCUT2D eigenvalue weighted by atomic mass is 32.2. The maximum absolute atomic E-state index is 13.4. The van der Waals surface area contributed by atoms with Gasteiger partial charge in [-0.2, -0.15) is 0 Å². The standard InChI is InChI=1S/C23H27N5O2S/c1-23(6-3-2-4-7-23)21(29)17-14-25-22-20(17)27-18(15-26-22)16-5-8-24-19(13-16)28-9-11-31(30)12-10-28/h5,8,13-15H,2-4,6-7,9-12H2,1H3,(H,25,26). The van der Waals surface area contributed by atoms with E-state index in [2.05, 4.69) is 26.8 Å². The Balaban J connectivity index is 1.47. The molecule has 5 rings (SSSR count). The first-order valence-corrected chi connectivity index (χ1v) is 12.5. The molecular formula is C23H27N5O2S. The van der Waals surface area contributed by atoms with Crippen molar-refractivity contribution in [3.63, 3.8) is 0 Å². The Labute approximate surface area is 184 Å². The van der Waals surface area contributed by atoms with Gasteiger partial charge < -0.3 is 14.4 Å². The van der Waals surface area contributed by atoms with Crippen molar-refractivity contribution in [2.24, 2.45) is 5.41 Å². The second kappa shape index (κ2) is 8.24. The zero-order valence-corrected chi connectivity index (χ0v) is 18.6. The maximum Gasteiger partial charge on any atom is 0.172 e. The highest BCUT2D eigenvalue weighted by Crippen LogP contribution is 2.39. The summed E-state index contributed by atoms with van der Waals surface area (Å²) in [5, 5.41) is 0. The lowest BCUT2D eigenvalue weighted by Crippen LogP contribution is -2.40. The summed E-state index contributed by atoms with van der Waals surface area (Å²) in [5.41, 5.74) is 3.24. The lowest BCUT2D eigenvalue weighted by atomic mass is 9.71. The summed E-state index contributed by atoms with van der Waals surface area (Å²) in [4.78, 5) is 32.6. The molecule has 2 aliphatic rings. The van der Waals surface area contributed by atoms with Gasteiger partial charge in [0.25, 0.3) is 0 Å². The number of H-pyrrole nitrogens is 1. The molecule has 3 aromatic heterocycles. The van der Waals surface area contributed by atoms with E-state index in [9.17, 15) is 9.35 Å². The van der Waals surface area contributed by atoms with Gasteiger partial charge in [-0.15, -0.1) is 0 Å². The van der Waals surface area contributed by atoms with Crippen molar-refractivity contribution in [3.05, 3.63) is 36.3 Å². The van der Waals surface area contributed by atoms with E-state index in [0.29, 0.717) is 28.2 Å². The third-order valence-corrected chi connectivity index (χ3v) is 7.95. The quantitative estimate of drug-likeness (QED) is 0.493. The Morgan fingerprint density at radius 3 is 2.74 bits per heavy atom. The summed E-state index contributed by atoms with van der Waals surface area (Å²) in [7, 11) is 0. The number of pyridine rings is 1. The summed E-state index contributed by atoms with van der Waals surface area (Å²) >= 11 is -0.727. The first kappa shape index (κ1) is 20.5. The molecule has 8 heteroatoms. The van der Waals surface area contributed by atoms with E-state index in [1.54, 1.807) is 18.6 Å². The summed E-state index contributed by atoms with van der Waals surface area (Å²) in [6.07, 6.45) is 10.5. The van der Waals surface area contributed by atoms with Crippen molar-refractivity contribution in [3.8, 4) is 11.3 Å². The van der Waals surface area contributed by atoms with Crippen LogP contribution in [-0.2, 0) is 11.2 Å². The number of anilines is 1. The van der Waals surface area contributed by atoms with E-state index in [0.717, 1.165) is 55.8 Å². The van der Waals surface area contributed by atoms with Crippen LogP contribution in [0.25, 0.3) is 22.4 Å². The lowest BCUT2D eigenvalue weighted by Gasteiger charge is -2.31. The Hall–Kier alpha value is -2.45. The number of carbonyl (C=O) groups is 1. The van der Waals surface area contributed by atoms with E-state index in [-0.39, 0.29) is 11.2 Å². The molecule has 0 atom stereocenters. The molecule has 31 heavy (non-hydrogen) atoms.